The fourth-order valence-electron chi connectivity index (χ4n) is 2.42. The molecule has 0 radical (unpaired) electrons. The zero-order valence-corrected chi connectivity index (χ0v) is 13.2. The number of imidazole rings is 1. The number of nitrogens with zero attached hydrogens (tertiary/aromatic N) is 4. The monoisotopic (exact) mass is 328 g/mol. The van der Waals surface area contributed by atoms with Crippen LogP contribution in [0, 0.1) is 0 Å². The maximum absolute atomic E-state index is 12.4. The molecular formula is C13H20N4O6. The summed E-state index contributed by atoms with van der Waals surface area (Å²) in [4.78, 5) is 36.9. The summed E-state index contributed by atoms with van der Waals surface area (Å²) in [7, 11) is 3.25. The summed E-state index contributed by atoms with van der Waals surface area (Å²) >= 11 is 0. The van der Waals surface area contributed by atoms with E-state index in [-0.39, 0.29) is 13.0 Å². The predicted octanol–water partition coefficient (Wildman–Crippen LogP) is 0.299. The normalized spacial score (nSPS) is 12.2. The summed E-state index contributed by atoms with van der Waals surface area (Å²) in [5.41, 5.74) is -0.147. The van der Waals surface area contributed by atoms with Gasteiger partial charge in [0.1, 0.15) is 0 Å². The molecule has 0 aliphatic rings. The molecule has 2 aromatic rings. The van der Waals surface area contributed by atoms with Crippen LogP contribution < -0.4 is 11.2 Å². The van der Waals surface area contributed by atoms with Crippen molar-refractivity contribution in [3.8, 4) is 0 Å². The lowest BCUT2D eigenvalue weighted by molar-refractivity contribution is -0.482. The fourth-order valence-corrected chi connectivity index (χ4v) is 2.42. The predicted molar refractivity (Wildman–Crippen MR) is 79.9 cm³/mol. The molecule has 0 aliphatic heterocycles. The second kappa shape index (κ2) is 6.62. The first-order valence-electron chi connectivity index (χ1n) is 7.10. The van der Waals surface area contributed by atoms with Gasteiger partial charge in [-0.25, -0.2) is 30.1 Å². The van der Waals surface area contributed by atoms with Crippen LogP contribution in [0.3, 0.4) is 0 Å². The van der Waals surface area contributed by atoms with Crippen LogP contribution in [0.1, 0.15) is 26.2 Å². The Kier molecular flexibility index (Phi) is 5.00. The summed E-state index contributed by atoms with van der Waals surface area (Å²) in [5, 5.41) is 17.3. The Morgan fingerprint density at radius 3 is 2.48 bits per heavy atom. The van der Waals surface area contributed by atoms with E-state index in [0.29, 0.717) is 24.0 Å². The Hall–Kier alpha value is -2.01. The zero-order chi connectivity index (χ0) is 17.2. The Labute approximate surface area is 131 Å². The highest BCUT2D eigenvalue weighted by Crippen LogP contribution is 2.18. The molecule has 2 rings (SSSR count). The third-order valence-electron chi connectivity index (χ3n) is 3.85. The summed E-state index contributed by atoms with van der Waals surface area (Å²) in [6, 6.07) is 0. The quantitative estimate of drug-likeness (QED) is 0.324. The van der Waals surface area contributed by atoms with Gasteiger partial charge in [0.15, 0.2) is 11.2 Å². The van der Waals surface area contributed by atoms with Gasteiger partial charge in [-0.2, -0.15) is 0 Å². The summed E-state index contributed by atoms with van der Waals surface area (Å²) < 4.78 is 4.04. The van der Waals surface area contributed by atoms with Crippen LogP contribution in [0.4, 0.5) is 0 Å². The van der Waals surface area contributed by atoms with Crippen molar-refractivity contribution in [2.75, 3.05) is 0 Å². The largest absolute Gasteiger partial charge is 0.332 e. The summed E-state index contributed by atoms with van der Waals surface area (Å²) in [5.74, 6) is -1.53. The van der Waals surface area contributed by atoms with Gasteiger partial charge >= 0.3 is 5.69 Å². The molecular weight excluding hydrogens is 308 g/mol. The number of hydrogen-bond donors (Lipinski definition) is 2. The molecule has 0 aromatic carbocycles. The third kappa shape index (κ3) is 3.20. The van der Waals surface area contributed by atoms with Crippen molar-refractivity contribution in [3.05, 3.63) is 27.2 Å². The summed E-state index contributed by atoms with van der Waals surface area (Å²) in [6.07, 6.45) is 2.58. The number of unbranched alkanes of at least 4 members (excludes halogenated alkanes) is 1. The van der Waals surface area contributed by atoms with Gasteiger partial charge in [-0.05, 0) is 19.8 Å². The molecule has 2 heterocycles. The van der Waals surface area contributed by atoms with Crippen LogP contribution in [-0.2, 0) is 30.4 Å². The second-order valence-corrected chi connectivity index (χ2v) is 5.60. The molecule has 128 valence electrons. The van der Waals surface area contributed by atoms with E-state index in [1.807, 2.05) is 0 Å². The van der Waals surface area contributed by atoms with Crippen molar-refractivity contribution in [2.24, 2.45) is 14.1 Å². The molecule has 2 N–H and O–H groups in total. The Morgan fingerprint density at radius 1 is 1.22 bits per heavy atom. The van der Waals surface area contributed by atoms with Crippen LogP contribution in [0.2, 0.25) is 0 Å². The molecule has 0 spiro atoms. The van der Waals surface area contributed by atoms with E-state index < -0.39 is 17.0 Å². The van der Waals surface area contributed by atoms with Crippen LogP contribution in [0.15, 0.2) is 15.9 Å². The van der Waals surface area contributed by atoms with E-state index in [9.17, 15) is 9.59 Å². The zero-order valence-electron chi connectivity index (χ0n) is 13.2. The highest BCUT2D eigenvalue weighted by Gasteiger charge is 2.26. The highest BCUT2D eigenvalue weighted by molar-refractivity contribution is 5.69. The Bertz CT molecular complexity index is 801. The van der Waals surface area contributed by atoms with Crippen LogP contribution in [0.5, 0.6) is 0 Å². The van der Waals surface area contributed by atoms with Gasteiger partial charge in [-0.1, -0.05) is 0 Å². The van der Waals surface area contributed by atoms with Gasteiger partial charge in [0.05, 0.1) is 6.33 Å². The Balaban J connectivity index is 2.20. The maximum Gasteiger partial charge on any atom is 0.332 e. The molecule has 0 amide bonds. The van der Waals surface area contributed by atoms with Crippen LogP contribution in [0.25, 0.3) is 11.2 Å². The van der Waals surface area contributed by atoms with E-state index >= 15 is 0 Å². The number of hydrogen-bond acceptors (Lipinski definition) is 7. The number of aryl methyl sites for hydroxylation is 2. The van der Waals surface area contributed by atoms with E-state index in [1.165, 1.54) is 17.8 Å². The highest BCUT2D eigenvalue weighted by atomic mass is 17.2. The van der Waals surface area contributed by atoms with Gasteiger partial charge in [-0.3, -0.25) is 13.9 Å². The fraction of sp³-hybridized carbons (Fsp3) is 0.615. The lowest BCUT2D eigenvalue weighted by Gasteiger charge is -2.21. The van der Waals surface area contributed by atoms with Crippen LogP contribution >= 0.6 is 0 Å². The first-order chi connectivity index (χ1) is 10.8. The average molecular weight is 328 g/mol. The molecule has 0 fully saturated rings. The van der Waals surface area contributed by atoms with E-state index in [4.69, 9.17) is 10.5 Å². The molecule has 0 saturated heterocycles. The lowest BCUT2D eigenvalue weighted by atomic mass is 10.1. The second-order valence-electron chi connectivity index (χ2n) is 5.60. The average Bonchev–Trinajstić information content (AvgIpc) is 2.93. The minimum absolute atomic E-state index is 0.184. The van der Waals surface area contributed by atoms with Gasteiger partial charge in [0.25, 0.3) is 5.56 Å². The lowest BCUT2D eigenvalue weighted by Crippen LogP contribution is -2.39. The molecule has 2 aromatic heterocycles. The molecule has 10 nitrogen and oxygen atoms in total. The van der Waals surface area contributed by atoms with Crippen LogP contribution in [-0.4, -0.2) is 35.0 Å². The standard InChI is InChI=1S/C13H20N4O6/c1-13(22-20,23-21)6-4-5-7-17-11(18)9-10(14-8-15(9)2)16(3)12(17)19/h8,20-21H,4-7H2,1-3H3. The first-order valence-corrected chi connectivity index (χ1v) is 7.10. The van der Waals surface area contributed by atoms with Gasteiger partial charge in [0.2, 0.25) is 5.79 Å². The molecule has 0 unspecified atom stereocenters. The number of rotatable bonds is 7. The SMILES string of the molecule is Cn1cnc2c1c(=O)n(CCCCC(C)(OO)OO)c(=O)n2C. The first kappa shape index (κ1) is 17.3. The van der Waals surface area contributed by atoms with Gasteiger partial charge in [0, 0.05) is 27.1 Å². The topological polar surface area (TPSA) is 121 Å². The van der Waals surface area contributed by atoms with E-state index in [0.717, 1.165) is 4.57 Å². The molecule has 10 heteroatoms. The van der Waals surface area contributed by atoms with Gasteiger partial charge in [-0.15, -0.1) is 0 Å². The smallest absolute Gasteiger partial charge is 0.328 e. The number of fused-ring (bicyclic) bond motifs is 1. The van der Waals surface area contributed by atoms with Crippen molar-refractivity contribution in [3.63, 3.8) is 0 Å². The van der Waals surface area contributed by atoms with E-state index in [2.05, 4.69) is 14.8 Å². The van der Waals surface area contributed by atoms with E-state index in [1.54, 1.807) is 18.7 Å². The number of aromatic nitrogens is 4. The minimum Gasteiger partial charge on any atom is -0.328 e. The van der Waals surface area contributed by atoms with Gasteiger partial charge < -0.3 is 4.57 Å². The van der Waals surface area contributed by atoms with Crippen molar-refractivity contribution in [1.82, 2.24) is 18.7 Å². The minimum atomic E-state index is -1.53. The van der Waals surface area contributed by atoms with Crippen molar-refractivity contribution >= 4 is 11.2 Å². The molecule has 23 heavy (non-hydrogen) atoms. The van der Waals surface area contributed by atoms with Crippen molar-refractivity contribution in [2.45, 2.75) is 38.5 Å². The summed E-state index contributed by atoms with van der Waals surface area (Å²) in [6.45, 7) is 1.56. The Morgan fingerprint density at radius 2 is 1.87 bits per heavy atom. The molecule has 0 bridgehead atoms. The molecule has 0 saturated carbocycles. The molecule has 0 atom stereocenters. The maximum atomic E-state index is 12.4. The van der Waals surface area contributed by atoms with Crippen molar-refractivity contribution in [1.29, 1.82) is 0 Å². The van der Waals surface area contributed by atoms with Crippen molar-refractivity contribution < 1.29 is 20.3 Å². The third-order valence-corrected chi connectivity index (χ3v) is 3.85. The molecule has 0 aliphatic carbocycles.